The van der Waals surface area contributed by atoms with Gasteiger partial charge in [-0.05, 0) is 6.42 Å². The molecule has 0 aromatic carbocycles. The first-order valence-electron chi connectivity index (χ1n) is 4.19. The van der Waals surface area contributed by atoms with Crippen LogP contribution in [0.5, 0.6) is 0 Å². The third kappa shape index (κ3) is 6.59. The average molecular weight is 192 g/mol. The van der Waals surface area contributed by atoms with Crippen molar-refractivity contribution in [2.24, 2.45) is 0 Å². The van der Waals surface area contributed by atoms with Crippen molar-refractivity contribution in [3.63, 3.8) is 0 Å². The highest BCUT2D eigenvalue weighted by atomic mass is 31.2. The number of hydrogen-bond donors (Lipinski definition) is 1. The van der Waals surface area contributed by atoms with Crippen molar-refractivity contribution in [3.05, 3.63) is 12.7 Å². The Morgan fingerprint density at radius 2 is 2.25 bits per heavy atom. The van der Waals surface area contributed by atoms with Crippen LogP contribution in [0.3, 0.4) is 0 Å². The first kappa shape index (κ1) is 11.9. The van der Waals surface area contributed by atoms with Gasteiger partial charge in [0, 0.05) is 6.16 Å². The second-order valence-electron chi connectivity index (χ2n) is 2.65. The molecule has 0 heterocycles. The maximum absolute atomic E-state index is 11.1. The molecule has 0 aliphatic carbocycles. The van der Waals surface area contributed by atoms with Gasteiger partial charge in [0.1, 0.15) is 0 Å². The summed E-state index contributed by atoms with van der Waals surface area (Å²) in [7, 11) is -3.31. The van der Waals surface area contributed by atoms with Gasteiger partial charge >= 0.3 is 7.60 Å². The number of rotatable bonds is 7. The predicted molar refractivity (Wildman–Crippen MR) is 50.4 cm³/mol. The lowest BCUT2D eigenvalue weighted by atomic mass is 10.3. The number of hydrogen-bond acceptors (Lipinski definition) is 2. The summed E-state index contributed by atoms with van der Waals surface area (Å²) >= 11 is 0. The second-order valence-corrected chi connectivity index (χ2v) is 4.63. The third-order valence-corrected chi connectivity index (χ3v) is 2.87. The van der Waals surface area contributed by atoms with Gasteiger partial charge in [-0.15, -0.1) is 6.58 Å². The van der Waals surface area contributed by atoms with Gasteiger partial charge in [-0.25, -0.2) is 0 Å². The minimum atomic E-state index is -3.31. The van der Waals surface area contributed by atoms with E-state index in [1.807, 2.05) is 6.92 Å². The van der Waals surface area contributed by atoms with E-state index < -0.39 is 7.60 Å². The lowest BCUT2D eigenvalue weighted by molar-refractivity contribution is 0.286. The molecule has 72 valence electrons. The van der Waals surface area contributed by atoms with Crippen molar-refractivity contribution < 1.29 is 14.0 Å². The maximum Gasteiger partial charge on any atom is 0.328 e. The molecule has 0 amide bonds. The molecule has 0 aromatic heterocycles. The van der Waals surface area contributed by atoms with E-state index in [1.165, 1.54) is 6.08 Å². The van der Waals surface area contributed by atoms with E-state index in [0.29, 0.717) is 0 Å². The highest BCUT2D eigenvalue weighted by Crippen LogP contribution is 2.42. The van der Waals surface area contributed by atoms with Crippen LogP contribution in [0.1, 0.15) is 26.2 Å². The fraction of sp³-hybridized carbons (Fsp3) is 0.750. The van der Waals surface area contributed by atoms with Crippen LogP contribution in [-0.4, -0.2) is 17.7 Å². The Hall–Kier alpha value is -0.110. The van der Waals surface area contributed by atoms with Gasteiger partial charge in [-0.2, -0.15) is 0 Å². The molecule has 1 N–H and O–H groups in total. The van der Waals surface area contributed by atoms with Gasteiger partial charge in [0.25, 0.3) is 0 Å². The summed E-state index contributed by atoms with van der Waals surface area (Å²) in [5, 5.41) is 0. The largest absolute Gasteiger partial charge is 0.328 e. The van der Waals surface area contributed by atoms with Gasteiger partial charge in [0.2, 0.25) is 0 Å². The Labute approximate surface area is 74.0 Å². The summed E-state index contributed by atoms with van der Waals surface area (Å²) in [5.74, 6) is 0. The van der Waals surface area contributed by atoms with E-state index in [1.54, 1.807) is 0 Å². The molecule has 12 heavy (non-hydrogen) atoms. The monoisotopic (exact) mass is 192 g/mol. The van der Waals surface area contributed by atoms with Crippen LogP contribution in [0.15, 0.2) is 12.7 Å². The van der Waals surface area contributed by atoms with E-state index in [2.05, 4.69) is 6.58 Å². The summed E-state index contributed by atoms with van der Waals surface area (Å²) in [6.07, 6.45) is 4.50. The van der Waals surface area contributed by atoms with Crippen LogP contribution < -0.4 is 0 Å². The Kier molecular flexibility index (Phi) is 6.35. The SMILES string of the molecule is C=CCOP(=O)(O)CCCCC. The lowest BCUT2D eigenvalue weighted by Crippen LogP contribution is -1.94. The zero-order valence-electron chi connectivity index (χ0n) is 7.53. The highest BCUT2D eigenvalue weighted by Gasteiger charge is 2.16. The average Bonchev–Trinajstić information content (AvgIpc) is 2.01. The lowest BCUT2D eigenvalue weighted by Gasteiger charge is -2.09. The van der Waals surface area contributed by atoms with E-state index in [9.17, 15) is 4.57 Å². The smallest absolute Gasteiger partial charge is 0.324 e. The van der Waals surface area contributed by atoms with Crippen LogP contribution in [-0.2, 0) is 9.09 Å². The number of unbranched alkanes of at least 4 members (excludes halogenated alkanes) is 2. The summed E-state index contributed by atoms with van der Waals surface area (Å²) in [4.78, 5) is 9.16. The molecular formula is C8H17O3P. The molecule has 0 aliphatic heterocycles. The second kappa shape index (κ2) is 6.41. The molecule has 0 aliphatic rings. The Bertz CT molecular complexity index is 168. The molecule has 3 nitrogen and oxygen atoms in total. The molecule has 1 unspecified atom stereocenters. The zero-order chi connectivity index (χ0) is 9.45. The van der Waals surface area contributed by atoms with Crippen molar-refractivity contribution in [3.8, 4) is 0 Å². The maximum atomic E-state index is 11.1. The van der Waals surface area contributed by atoms with E-state index in [-0.39, 0.29) is 12.8 Å². The van der Waals surface area contributed by atoms with Gasteiger partial charge in [0.05, 0.1) is 6.61 Å². The molecule has 0 saturated carbocycles. The van der Waals surface area contributed by atoms with Crippen molar-refractivity contribution >= 4 is 7.60 Å². The van der Waals surface area contributed by atoms with Crippen LogP contribution in [0.25, 0.3) is 0 Å². The van der Waals surface area contributed by atoms with E-state index in [4.69, 9.17) is 9.42 Å². The normalized spacial score (nSPS) is 15.5. The van der Waals surface area contributed by atoms with Crippen molar-refractivity contribution in [1.82, 2.24) is 0 Å². The summed E-state index contributed by atoms with van der Waals surface area (Å²) in [6, 6.07) is 0. The van der Waals surface area contributed by atoms with E-state index >= 15 is 0 Å². The van der Waals surface area contributed by atoms with Crippen LogP contribution in [0.2, 0.25) is 0 Å². The van der Waals surface area contributed by atoms with E-state index in [0.717, 1.165) is 19.3 Å². The fourth-order valence-corrected chi connectivity index (χ4v) is 1.89. The summed E-state index contributed by atoms with van der Waals surface area (Å²) in [5.41, 5.74) is 0. The fourth-order valence-electron chi connectivity index (χ4n) is 0.795. The summed E-state index contributed by atoms with van der Waals surface area (Å²) in [6.45, 7) is 5.60. The quantitative estimate of drug-likeness (QED) is 0.383. The predicted octanol–water partition coefficient (Wildman–Crippen LogP) is 2.56. The molecular weight excluding hydrogens is 175 g/mol. The molecule has 0 bridgehead atoms. The first-order chi connectivity index (χ1) is 5.62. The molecule has 0 radical (unpaired) electrons. The van der Waals surface area contributed by atoms with Crippen LogP contribution in [0, 0.1) is 0 Å². The highest BCUT2D eigenvalue weighted by molar-refractivity contribution is 7.52. The Morgan fingerprint density at radius 3 is 2.75 bits per heavy atom. The third-order valence-electron chi connectivity index (χ3n) is 1.44. The van der Waals surface area contributed by atoms with Crippen LogP contribution in [0.4, 0.5) is 0 Å². The molecule has 0 aromatic rings. The molecule has 0 rings (SSSR count). The standard InChI is InChI=1S/C8H17O3P/c1-3-5-6-8-12(9,10)11-7-4-2/h4H,2-3,5-8H2,1H3,(H,9,10). The van der Waals surface area contributed by atoms with Crippen molar-refractivity contribution in [2.45, 2.75) is 26.2 Å². The summed E-state index contributed by atoms with van der Waals surface area (Å²) < 4.78 is 15.9. The molecule has 0 fully saturated rings. The van der Waals surface area contributed by atoms with Crippen molar-refractivity contribution in [2.75, 3.05) is 12.8 Å². The topological polar surface area (TPSA) is 46.5 Å². The van der Waals surface area contributed by atoms with Crippen LogP contribution >= 0.6 is 7.60 Å². The van der Waals surface area contributed by atoms with Gasteiger partial charge in [-0.1, -0.05) is 25.8 Å². The Morgan fingerprint density at radius 1 is 1.58 bits per heavy atom. The van der Waals surface area contributed by atoms with Gasteiger partial charge in [0.15, 0.2) is 0 Å². The molecule has 0 saturated heterocycles. The molecule has 4 heteroatoms. The first-order valence-corrected chi connectivity index (χ1v) is 5.96. The minimum Gasteiger partial charge on any atom is -0.324 e. The minimum absolute atomic E-state index is 0.153. The molecule has 1 atom stereocenters. The zero-order valence-corrected chi connectivity index (χ0v) is 8.43. The molecule has 0 spiro atoms. The van der Waals surface area contributed by atoms with Crippen molar-refractivity contribution in [1.29, 1.82) is 0 Å². The Balaban J connectivity index is 3.56. The van der Waals surface area contributed by atoms with Gasteiger partial charge in [-0.3, -0.25) is 4.57 Å². The van der Waals surface area contributed by atoms with Gasteiger partial charge < -0.3 is 9.42 Å².